The van der Waals surface area contributed by atoms with Crippen LogP contribution in [0.4, 0.5) is 5.69 Å². The van der Waals surface area contributed by atoms with Gasteiger partial charge in [-0.25, -0.2) is 8.42 Å². The van der Waals surface area contributed by atoms with Crippen molar-refractivity contribution in [2.75, 3.05) is 11.9 Å². The molecular formula is C17H17NO4S. The van der Waals surface area contributed by atoms with Crippen LogP contribution >= 0.6 is 0 Å². The largest absolute Gasteiger partial charge is 0.482 e. The number of rotatable bonds is 3. The molecule has 23 heavy (non-hydrogen) atoms. The lowest BCUT2D eigenvalue weighted by Crippen LogP contribution is -2.25. The molecule has 0 fully saturated rings. The van der Waals surface area contributed by atoms with Gasteiger partial charge in [0.25, 0.3) is 5.91 Å². The van der Waals surface area contributed by atoms with Crippen molar-refractivity contribution in [1.29, 1.82) is 0 Å². The van der Waals surface area contributed by atoms with E-state index in [-0.39, 0.29) is 23.2 Å². The average molecular weight is 331 g/mol. The SMILES string of the molecule is Cc1cc(C)cc(CS(=O)(=O)c2ccc3c(c2)NC(=O)CO3)c1. The Morgan fingerprint density at radius 3 is 2.48 bits per heavy atom. The summed E-state index contributed by atoms with van der Waals surface area (Å²) in [6.07, 6.45) is 0. The van der Waals surface area contributed by atoms with Crippen molar-refractivity contribution in [2.45, 2.75) is 24.5 Å². The standard InChI is InChI=1S/C17H17NO4S/c1-11-5-12(2)7-13(6-11)10-23(20,21)14-3-4-16-15(8-14)18-17(19)9-22-16/h3-8H,9-10H2,1-2H3,(H,18,19). The minimum absolute atomic E-state index is 0.0539. The Kier molecular flexibility index (Phi) is 3.85. The second-order valence-electron chi connectivity index (χ2n) is 5.75. The third-order valence-corrected chi connectivity index (χ3v) is 5.27. The van der Waals surface area contributed by atoms with Crippen LogP contribution in [0.25, 0.3) is 0 Å². The van der Waals surface area contributed by atoms with Crippen LogP contribution in [-0.4, -0.2) is 20.9 Å². The maximum atomic E-state index is 12.6. The van der Waals surface area contributed by atoms with Crippen molar-refractivity contribution in [3.05, 3.63) is 53.1 Å². The van der Waals surface area contributed by atoms with Crippen molar-refractivity contribution in [3.8, 4) is 5.75 Å². The molecule has 1 aliphatic rings. The molecular weight excluding hydrogens is 314 g/mol. The molecule has 0 atom stereocenters. The Bertz CT molecular complexity index is 867. The fourth-order valence-electron chi connectivity index (χ4n) is 2.71. The van der Waals surface area contributed by atoms with Gasteiger partial charge >= 0.3 is 0 Å². The monoisotopic (exact) mass is 331 g/mol. The molecule has 2 aromatic carbocycles. The summed E-state index contributed by atoms with van der Waals surface area (Å²) in [6.45, 7) is 3.82. The molecule has 5 nitrogen and oxygen atoms in total. The first-order chi connectivity index (χ1) is 10.8. The number of aryl methyl sites for hydroxylation is 2. The number of hydrogen-bond donors (Lipinski definition) is 1. The van der Waals surface area contributed by atoms with Crippen LogP contribution in [0.5, 0.6) is 5.75 Å². The first-order valence-electron chi connectivity index (χ1n) is 7.20. The van der Waals surface area contributed by atoms with Gasteiger partial charge in [0, 0.05) is 0 Å². The van der Waals surface area contributed by atoms with Gasteiger partial charge in [-0.3, -0.25) is 4.79 Å². The molecule has 1 N–H and O–H groups in total. The molecule has 0 aliphatic carbocycles. The Morgan fingerprint density at radius 1 is 1.09 bits per heavy atom. The first kappa shape index (κ1) is 15.6. The number of carbonyl (C=O) groups excluding carboxylic acids is 1. The highest BCUT2D eigenvalue weighted by Gasteiger charge is 2.21. The minimum Gasteiger partial charge on any atom is -0.482 e. The van der Waals surface area contributed by atoms with E-state index in [2.05, 4.69) is 5.32 Å². The number of nitrogens with one attached hydrogen (secondary N) is 1. The first-order valence-corrected chi connectivity index (χ1v) is 8.85. The summed E-state index contributed by atoms with van der Waals surface area (Å²) in [7, 11) is -3.50. The van der Waals surface area contributed by atoms with Gasteiger partial charge in [-0.05, 0) is 37.6 Å². The van der Waals surface area contributed by atoms with Gasteiger partial charge in [0.05, 0.1) is 16.3 Å². The van der Waals surface area contributed by atoms with Crippen molar-refractivity contribution in [1.82, 2.24) is 0 Å². The van der Waals surface area contributed by atoms with E-state index in [9.17, 15) is 13.2 Å². The molecule has 0 spiro atoms. The zero-order valence-corrected chi connectivity index (χ0v) is 13.7. The van der Waals surface area contributed by atoms with Crippen molar-refractivity contribution in [3.63, 3.8) is 0 Å². The molecule has 0 aromatic heterocycles. The summed E-state index contributed by atoms with van der Waals surface area (Å²) in [6, 6.07) is 10.3. The van der Waals surface area contributed by atoms with Crippen molar-refractivity contribution in [2.24, 2.45) is 0 Å². The molecule has 0 saturated carbocycles. The van der Waals surface area contributed by atoms with Crippen LogP contribution in [0.1, 0.15) is 16.7 Å². The maximum absolute atomic E-state index is 12.6. The number of sulfone groups is 1. The molecule has 3 rings (SSSR count). The Balaban J connectivity index is 1.93. The van der Waals surface area contributed by atoms with E-state index < -0.39 is 9.84 Å². The summed E-state index contributed by atoms with van der Waals surface area (Å²) < 4.78 is 30.5. The summed E-state index contributed by atoms with van der Waals surface area (Å²) in [5.74, 6) is 0.111. The minimum atomic E-state index is -3.50. The van der Waals surface area contributed by atoms with Crippen LogP contribution in [-0.2, 0) is 20.4 Å². The lowest BCUT2D eigenvalue weighted by Gasteiger charge is -2.18. The van der Waals surface area contributed by atoms with Crippen LogP contribution < -0.4 is 10.1 Å². The second-order valence-corrected chi connectivity index (χ2v) is 7.74. The van der Waals surface area contributed by atoms with Crippen LogP contribution in [0.3, 0.4) is 0 Å². The van der Waals surface area contributed by atoms with E-state index in [0.717, 1.165) is 16.7 Å². The van der Waals surface area contributed by atoms with Gasteiger partial charge in [0.15, 0.2) is 16.4 Å². The quantitative estimate of drug-likeness (QED) is 0.938. The van der Waals surface area contributed by atoms with Crippen LogP contribution in [0.2, 0.25) is 0 Å². The molecule has 0 saturated heterocycles. The van der Waals surface area contributed by atoms with Crippen molar-refractivity contribution >= 4 is 21.4 Å². The van der Waals surface area contributed by atoms with Gasteiger partial charge in [-0.1, -0.05) is 29.3 Å². The molecule has 1 amide bonds. The molecule has 0 bridgehead atoms. The number of benzene rings is 2. The Labute approximate surface area is 135 Å². The number of fused-ring (bicyclic) bond motifs is 1. The predicted molar refractivity (Wildman–Crippen MR) is 87.4 cm³/mol. The van der Waals surface area contributed by atoms with E-state index in [1.165, 1.54) is 12.1 Å². The highest BCUT2D eigenvalue weighted by Crippen LogP contribution is 2.31. The molecule has 120 valence electrons. The highest BCUT2D eigenvalue weighted by molar-refractivity contribution is 7.90. The molecule has 2 aromatic rings. The smallest absolute Gasteiger partial charge is 0.262 e. The molecule has 6 heteroatoms. The van der Waals surface area contributed by atoms with E-state index in [0.29, 0.717) is 11.4 Å². The highest BCUT2D eigenvalue weighted by atomic mass is 32.2. The van der Waals surface area contributed by atoms with Crippen molar-refractivity contribution < 1.29 is 17.9 Å². The summed E-state index contributed by atoms with van der Waals surface area (Å²) >= 11 is 0. The average Bonchev–Trinajstić information content (AvgIpc) is 2.44. The topological polar surface area (TPSA) is 72.5 Å². The lowest BCUT2D eigenvalue weighted by atomic mass is 10.1. The van der Waals surface area contributed by atoms with Gasteiger partial charge in [-0.2, -0.15) is 0 Å². The van der Waals surface area contributed by atoms with Gasteiger partial charge in [-0.15, -0.1) is 0 Å². The third-order valence-electron chi connectivity index (χ3n) is 3.58. The van der Waals surface area contributed by atoms with Gasteiger partial charge in [0.2, 0.25) is 0 Å². The number of carbonyl (C=O) groups is 1. The van der Waals surface area contributed by atoms with Crippen LogP contribution in [0.15, 0.2) is 41.3 Å². The van der Waals surface area contributed by atoms with E-state index in [1.54, 1.807) is 6.07 Å². The molecule has 0 radical (unpaired) electrons. The molecule has 1 heterocycles. The number of anilines is 1. The zero-order valence-electron chi connectivity index (χ0n) is 12.9. The Morgan fingerprint density at radius 2 is 1.78 bits per heavy atom. The maximum Gasteiger partial charge on any atom is 0.262 e. The zero-order chi connectivity index (χ0) is 16.6. The van der Waals surface area contributed by atoms with Gasteiger partial charge in [0.1, 0.15) is 5.75 Å². The lowest BCUT2D eigenvalue weighted by molar-refractivity contribution is -0.118. The predicted octanol–water partition coefficient (Wildman–Crippen LogP) is 2.61. The van der Waals surface area contributed by atoms with Crippen LogP contribution in [0, 0.1) is 13.8 Å². The van der Waals surface area contributed by atoms with Gasteiger partial charge < -0.3 is 10.1 Å². The number of hydrogen-bond acceptors (Lipinski definition) is 4. The number of ether oxygens (including phenoxy) is 1. The van der Waals surface area contributed by atoms with E-state index in [1.807, 2.05) is 32.0 Å². The normalized spacial score (nSPS) is 13.9. The summed E-state index contributed by atoms with van der Waals surface area (Å²) in [5, 5.41) is 2.63. The number of amides is 1. The summed E-state index contributed by atoms with van der Waals surface area (Å²) in [5.41, 5.74) is 3.20. The summed E-state index contributed by atoms with van der Waals surface area (Å²) in [4.78, 5) is 11.5. The Hall–Kier alpha value is -2.34. The van der Waals surface area contributed by atoms with E-state index >= 15 is 0 Å². The fraction of sp³-hybridized carbons (Fsp3) is 0.235. The second kappa shape index (κ2) is 5.70. The molecule has 0 unspecified atom stereocenters. The molecule has 1 aliphatic heterocycles. The fourth-order valence-corrected chi connectivity index (χ4v) is 4.06. The third kappa shape index (κ3) is 3.37. The van der Waals surface area contributed by atoms with E-state index in [4.69, 9.17) is 4.74 Å².